The average Bonchev–Trinajstić information content (AvgIpc) is 3.23. The SMILES string of the molecule is COC(=O)c1ccc([N+](=O)[O-])c(-n2ccnc2C2CCCC2)c1. The van der Waals surface area contributed by atoms with Crippen LogP contribution in [0.15, 0.2) is 30.6 Å². The predicted octanol–water partition coefficient (Wildman–Crippen LogP) is 3.22. The molecule has 0 amide bonds. The van der Waals surface area contributed by atoms with Crippen molar-refractivity contribution in [3.8, 4) is 5.69 Å². The highest BCUT2D eigenvalue weighted by atomic mass is 16.6. The number of ether oxygens (including phenoxy) is 1. The minimum Gasteiger partial charge on any atom is -0.465 e. The summed E-state index contributed by atoms with van der Waals surface area (Å²) < 4.78 is 6.43. The lowest BCUT2D eigenvalue weighted by atomic mass is 10.1. The molecular weight excluding hydrogens is 298 g/mol. The number of hydrogen-bond donors (Lipinski definition) is 0. The Labute approximate surface area is 133 Å². The molecule has 1 fully saturated rings. The Morgan fingerprint density at radius 1 is 1.39 bits per heavy atom. The van der Waals surface area contributed by atoms with Crippen LogP contribution < -0.4 is 0 Å². The van der Waals surface area contributed by atoms with Crippen LogP contribution in [0.4, 0.5) is 5.69 Å². The van der Waals surface area contributed by atoms with Gasteiger partial charge in [0.15, 0.2) is 0 Å². The summed E-state index contributed by atoms with van der Waals surface area (Å²) in [7, 11) is 1.28. The van der Waals surface area contributed by atoms with Crippen molar-refractivity contribution in [2.24, 2.45) is 0 Å². The van der Waals surface area contributed by atoms with Gasteiger partial charge in [-0.1, -0.05) is 12.8 Å². The quantitative estimate of drug-likeness (QED) is 0.491. The Bertz CT molecular complexity index is 748. The highest BCUT2D eigenvalue weighted by Gasteiger charge is 2.25. The van der Waals surface area contributed by atoms with Crippen LogP contribution >= 0.6 is 0 Å². The molecule has 23 heavy (non-hydrogen) atoms. The largest absolute Gasteiger partial charge is 0.465 e. The number of methoxy groups -OCH3 is 1. The van der Waals surface area contributed by atoms with Crippen LogP contribution in [-0.2, 0) is 4.74 Å². The summed E-state index contributed by atoms with van der Waals surface area (Å²) in [5.74, 6) is 0.586. The zero-order chi connectivity index (χ0) is 16.4. The summed E-state index contributed by atoms with van der Waals surface area (Å²) in [6.07, 6.45) is 7.69. The van der Waals surface area contributed by atoms with Crippen molar-refractivity contribution in [1.29, 1.82) is 0 Å². The van der Waals surface area contributed by atoms with Crippen LogP contribution in [0.2, 0.25) is 0 Å². The standard InChI is InChI=1S/C16H17N3O4/c1-23-16(20)12-6-7-13(19(21)22)14(10-12)18-9-8-17-15(18)11-4-2-3-5-11/h6-11H,2-5H2,1H3. The number of nitro groups is 1. The van der Waals surface area contributed by atoms with E-state index in [2.05, 4.69) is 4.98 Å². The molecule has 0 N–H and O–H groups in total. The summed E-state index contributed by atoms with van der Waals surface area (Å²) in [4.78, 5) is 27.0. The van der Waals surface area contributed by atoms with Gasteiger partial charge in [0.05, 0.1) is 17.6 Å². The summed E-state index contributed by atoms with van der Waals surface area (Å²) in [6, 6.07) is 4.23. The van der Waals surface area contributed by atoms with E-state index in [0.29, 0.717) is 11.6 Å². The van der Waals surface area contributed by atoms with E-state index in [0.717, 1.165) is 31.5 Å². The number of esters is 1. The van der Waals surface area contributed by atoms with Gasteiger partial charge in [-0.15, -0.1) is 0 Å². The molecule has 1 aliphatic carbocycles. The fourth-order valence-corrected chi connectivity index (χ4v) is 3.12. The van der Waals surface area contributed by atoms with Crippen LogP contribution in [0.25, 0.3) is 5.69 Å². The topological polar surface area (TPSA) is 87.3 Å². The normalized spacial score (nSPS) is 14.8. The molecule has 7 heteroatoms. The van der Waals surface area contributed by atoms with Crippen molar-refractivity contribution in [3.63, 3.8) is 0 Å². The smallest absolute Gasteiger partial charge is 0.337 e. The van der Waals surface area contributed by atoms with E-state index in [9.17, 15) is 14.9 Å². The monoisotopic (exact) mass is 315 g/mol. The number of imidazole rings is 1. The molecule has 0 bridgehead atoms. The minimum absolute atomic E-state index is 0.0603. The maximum atomic E-state index is 11.7. The van der Waals surface area contributed by atoms with Crippen LogP contribution in [0.1, 0.15) is 47.8 Å². The third-order valence-electron chi connectivity index (χ3n) is 4.24. The lowest BCUT2D eigenvalue weighted by molar-refractivity contribution is -0.384. The molecule has 0 saturated heterocycles. The molecule has 3 rings (SSSR count). The fraction of sp³-hybridized carbons (Fsp3) is 0.375. The molecule has 2 aromatic rings. The van der Waals surface area contributed by atoms with Crippen LogP contribution in [0, 0.1) is 10.1 Å². The number of carbonyl (C=O) groups excluding carboxylic acids is 1. The number of benzene rings is 1. The first-order chi connectivity index (χ1) is 11.1. The van der Waals surface area contributed by atoms with E-state index < -0.39 is 10.9 Å². The molecule has 0 aliphatic heterocycles. The van der Waals surface area contributed by atoms with E-state index in [4.69, 9.17) is 4.74 Å². The lowest BCUT2D eigenvalue weighted by Gasteiger charge is -2.13. The summed E-state index contributed by atoms with van der Waals surface area (Å²) in [5.41, 5.74) is 0.561. The lowest BCUT2D eigenvalue weighted by Crippen LogP contribution is -2.09. The van der Waals surface area contributed by atoms with E-state index >= 15 is 0 Å². The minimum atomic E-state index is -0.524. The summed E-state index contributed by atoms with van der Waals surface area (Å²) in [5, 5.41) is 11.4. The van der Waals surface area contributed by atoms with Gasteiger partial charge in [0, 0.05) is 24.4 Å². The number of nitrogens with zero attached hydrogens (tertiary/aromatic N) is 3. The first-order valence-electron chi connectivity index (χ1n) is 7.52. The molecule has 0 radical (unpaired) electrons. The van der Waals surface area contributed by atoms with Crippen molar-refractivity contribution in [2.75, 3.05) is 7.11 Å². The Morgan fingerprint density at radius 2 is 2.13 bits per heavy atom. The third-order valence-corrected chi connectivity index (χ3v) is 4.24. The van der Waals surface area contributed by atoms with Crippen molar-refractivity contribution in [1.82, 2.24) is 9.55 Å². The molecule has 0 spiro atoms. The van der Waals surface area contributed by atoms with E-state index in [1.54, 1.807) is 17.0 Å². The number of nitro benzene ring substituents is 1. The summed E-state index contributed by atoms with van der Waals surface area (Å²) in [6.45, 7) is 0. The molecule has 0 unspecified atom stereocenters. The Hall–Kier alpha value is -2.70. The van der Waals surface area contributed by atoms with Gasteiger partial charge in [-0.05, 0) is 25.0 Å². The van der Waals surface area contributed by atoms with Gasteiger partial charge >= 0.3 is 5.97 Å². The van der Waals surface area contributed by atoms with E-state index in [-0.39, 0.29) is 11.3 Å². The maximum absolute atomic E-state index is 11.7. The first-order valence-corrected chi connectivity index (χ1v) is 7.52. The number of aromatic nitrogens is 2. The first kappa shape index (κ1) is 15.2. The fourth-order valence-electron chi connectivity index (χ4n) is 3.12. The van der Waals surface area contributed by atoms with Gasteiger partial charge in [0.2, 0.25) is 0 Å². The van der Waals surface area contributed by atoms with Crippen LogP contribution in [0.5, 0.6) is 0 Å². The molecule has 1 aromatic heterocycles. The zero-order valence-electron chi connectivity index (χ0n) is 12.8. The second-order valence-corrected chi connectivity index (χ2v) is 5.59. The molecule has 120 valence electrons. The molecule has 1 heterocycles. The van der Waals surface area contributed by atoms with Gasteiger partial charge in [0.1, 0.15) is 11.5 Å². The molecule has 1 aliphatic rings. The van der Waals surface area contributed by atoms with Gasteiger partial charge < -0.3 is 4.74 Å². The van der Waals surface area contributed by atoms with Gasteiger partial charge in [-0.25, -0.2) is 9.78 Å². The highest BCUT2D eigenvalue weighted by Crippen LogP contribution is 2.35. The van der Waals surface area contributed by atoms with Crippen molar-refractivity contribution < 1.29 is 14.5 Å². The second kappa shape index (κ2) is 6.20. The van der Waals surface area contributed by atoms with Crippen molar-refractivity contribution >= 4 is 11.7 Å². The van der Waals surface area contributed by atoms with Crippen LogP contribution in [-0.4, -0.2) is 27.6 Å². The predicted molar refractivity (Wildman–Crippen MR) is 82.8 cm³/mol. The zero-order valence-corrected chi connectivity index (χ0v) is 12.8. The summed E-state index contributed by atoms with van der Waals surface area (Å²) >= 11 is 0. The molecule has 0 atom stereocenters. The Balaban J connectivity index is 2.12. The Morgan fingerprint density at radius 3 is 2.78 bits per heavy atom. The number of carbonyl (C=O) groups is 1. The van der Waals surface area contributed by atoms with Crippen molar-refractivity contribution in [2.45, 2.75) is 31.6 Å². The number of hydrogen-bond acceptors (Lipinski definition) is 5. The van der Waals surface area contributed by atoms with Gasteiger partial charge in [0.25, 0.3) is 5.69 Å². The molecule has 1 aromatic carbocycles. The van der Waals surface area contributed by atoms with Gasteiger partial charge in [-0.3, -0.25) is 14.7 Å². The Kier molecular flexibility index (Phi) is 4.10. The third kappa shape index (κ3) is 2.81. The second-order valence-electron chi connectivity index (χ2n) is 5.59. The van der Waals surface area contributed by atoms with E-state index in [1.165, 1.54) is 25.3 Å². The average molecular weight is 315 g/mol. The number of rotatable bonds is 4. The molecule has 7 nitrogen and oxygen atoms in total. The van der Waals surface area contributed by atoms with Gasteiger partial charge in [-0.2, -0.15) is 0 Å². The van der Waals surface area contributed by atoms with Crippen LogP contribution in [0.3, 0.4) is 0 Å². The molecule has 1 saturated carbocycles. The van der Waals surface area contributed by atoms with E-state index in [1.807, 2.05) is 0 Å². The maximum Gasteiger partial charge on any atom is 0.337 e. The molecular formula is C16H17N3O4. The van der Waals surface area contributed by atoms with Crippen molar-refractivity contribution in [3.05, 3.63) is 52.1 Å². The highest BCUT2D eigenvalue weighted by molar-refractivity contribution is 5.90.